The van der Waals surface area contributed by atoms with Crippen molar-refractivity contribution in [1.29, 1.82) is 0 Å². The number of nitrogens with one attached hydrogen (secondary N) is 2. The molecule has 0 spiro atoms. The lowest BCUT2D eigenvalue weighted by Gasteiger charge is -2.27. The molecule has 1 unspecified atom stereocenters. The predicted molar refractivity (Wildman–Crippen MR) is 99.9 cm³/mol. The average molecular weight is 407 g/mol. The maximum absolute atomic E-state index is 13.0. The zero-order valence-electron chi connectivity index (χ0n) is 15.8. The van der Waals surface area contributed by atoms with Gasteiger partial charge in [-0.3, -0.25) is 4.79 Å². The fraction of sp³-hybridized carbons (Fsp3) is 0.556. The van der Waals surface area contributed by atoms with Crippen LogP contribution in [-0.4, -0.2) is 66.6 Å². The Morgan fingerprint density at radius 1 is 1.29 bits per heavy atom. The first kappa shape index (κ1) is 19.0. The minimum Gasteiger partial charge on any atom is -0.349 e. The monoisotopic (exact) mass is 407 g/mol. The number of fused-ring (bicyclic) bond motifs is 1. The topological polar surface area (TPSA) is 116 Å². The second-order valence-electron chi connectivity index (χ2n) is 8.06. The minimum atomic E-state index is -3.75. The molecule has 28 heavy (non-hydrogen) atoms. The van der Waals surface area contributed by atoms with Crippen LogP contribution >= 0.6 is 0 Å². The lowest BCUT2D eigenvalue weighted by Crippen LogP contribution is -2.56. The van der Waals surface area contributed by atoms with Crippen LogP contribution in [0.25, 0.3) is 0 Å². The van der Waals surface area contributed by atoms with E-state index in [1.165, 1.54) is 22.8 Å². The van der Waals surface area contributed by atoms with Crippen molar-refractivity contribution in [3.05, 3.63) is 23.1 Å². The third-order valence-electron chi connectivity index (χ3n) is 5.68. The van der Waals surface area contributed by atoms with E-state index in [9.17, 15) is 22.8 Å². The Balaban J connectivity index is 1.62. The number of nitrogens with zero attached hydrogens (tertiary/aromatic N) is 2. The van der Waals surface area contributed by atoms with Crippen LogP contribution in [0.1, 0.15) is 32.6 Å². The molecule has 2 N–H and O–H groups in total. The van der Waals surface area contributed by atoms with E-state index in [1.807, 2.05) is 6.92 Å². The summed E-state index contributed by atoms with van der Waals surface area (Å²) in [5.74, 6) is -1.44. The lowest BCUT2D eigenvalue weighted by molar-refractivity contribution is -0.406. The second kappa shape index (κ2) is 6.35. The second-order valence-corrected chi connectivity index (χ2v) is 9.75. The molecule has 4 aliphatic rings. The summed E-state index contributed by atoms with van der Waals surface area (Å²) < 4.78 is 29.4. The minimum absolute atomic E-state index is 0.0274. The van der Waals surface area contributed by atoms with E-state index < -0.39 is 33.4 Å². The van der Waals surface area contributed by atoms with Gasteiger partial charge in [0.25, 0.3) is 0 Å². The highest BCUT2D eigenvalue weighted by molar-refractivity contribution is 7.93. The van der Waals surface area contributed by atoms with Crippen molar-refractivity contribution in [3.63, 3.8) is 0 Å². The number of allylic oxidation sites excluding steroid dienone is 2. The van der Waals surface area contributed by atoms with Gasteiger partial charge in [-0.25, -0.2) is 17.9 Å². The molecule has 2 atom stereocenters. The van der Waals surface area contributed by atoms with Crippen molar-refractivity contribution in [3.8, 4) is 0 Å². The molecule has 2 heterocycles. The van der Waals surface area contributed by atoms with Gasteiger partial charge < -0.3 is 5.32 Å². The third kappa shape index (κ3) is 3.30. The molecule has 0 radical (unpaired) electrons. The molecule has 1 saturated carbocycles. The first-order valence-corrected chi connectivity index (χ1v) is 10.8. The van der Waals surface area contributed by atoms with Crippen LogP contribution in [0.5, 0.6) is 0 Å². The van der Waals surface area contributed by atoms with Crippen LogP contribution in [0.3, 0.4) is 0 Å². The quantitative estimate of drug-likeness (QED) is 0.615. The number of urea groups is 1. The zero-order chi connectivity index (χ0) is 20.3. The van der Waals surface area contributed by atoms with E-state index >= 15 is 0 Å². The van der Waals surface area contributed by atoms with Gasteiger partial charge in [-0.1, -0.05) is 0 Å². The van der Waals surface area contributed by atoms with Gasteiger partial charge >= 0.3 is 11.9 Å². The molecule has 9 nitrogen and oxygen atoms in total. The van der Waals surface area contributed by atoms with Gasteiger partial charge in [0.15, 0.2) is 0 Å². The van der Waals surface area contributed by atoms with Crippen molar-refractivity contribution in [2.75, 3.05) is 13.6 Å². The fourth-order valence-corrected chi connectivity index (χ4v) is 5.24. The molecule has 2 aliphatic heterocycles. The molecule has 0 aromatic heterocycles. The SMILES string of the molecule is C[N+]1=C2C=CC(S(=O)(=O)NC3(C)CC3)=CC2C(=O)N(C[C@@H]2CCC(=O)N2)C1=O. The van der Waals surface area contributed by atoms with Crippen molar-refractivity contribution < 1.29 is 27.4 Å². The Hall–Kier alpha value is -2.33. The molecular formula is C18H23N4O5S+. The number of carbonyl (C=O) groups is 3. The molecule has 2 aliphatic carbocycles. The summed E-state index contributed by atoms with van der Waals surface area (Å²) >= 11 is 0. The Kier molecular flexibility index (Phi) is 4.31. The number of sulfonamides is 1. The molecule has 0 bridgehead atoms. The van der Waals surface area contributed by atoms with Gasteiger partial charge in [-0.2, -0.15) is 14.3 Å². The van der Waals surface area contributed by atoms with E-state index in [1.54, 1.807) is 7.05 Å². The molecular weight excluding hydrogens is 384 g/mol. The number of imide groups is 1. The smallest absolute Gasteiger partial charge is 0.349 e. The van der Waals surface area contributed by atoms with E-state index in [0.717, 1.165) is 17.7 Å². The highest BCUT2D eigenvalue weighted by Gasteiger charge is 2.48. The van der Waals surface area contributed by atoms with Crippen LogP contribution in [0.15, 0.2) is 23.1 Å². The van der Waals surface area contributed by atoms with Crippen molar-refractivity contribution in [2.45, 2.75) is 44.2 Å². The standard InChI is InChI=1S/C18H22N4O5S/c1-18(7-8-18)20-28(26,27)12-4-5-14-13(9-12)16(24)22(17(25)21(14)2)10-11-3-6-15(23)19-11/h4-5,9,11,13,20H,3,6-8,10H2,1-2H3/p+1/t11-,13?/m0/s1. The molecule has 150 valence electrons. The van der Waals surface area contributed by atoms with E-state index in [2.05, 4.69) is 10.0 Å². The summed E-state index contributed by atoms with van der Waals surface area (Å²) in [6.07, 6.45) is 6.81. The van der Waals surface area contributed by atoms with Gasteiger partial charge in [0.2, 0.25) is 15.9 Å². The first-order chi connectivity index (χ1) is 13.1. The maximum atomic E-state index is 13.0. The summed E-state index contributed by atoms with van der Waals surface area (Å²) in [4.78, 5) is 38.2. The van der Waals surface area contributed by atoms with Crippen molar-refractivity contribution in [1.82, 2.24) is 14.9 Å². The Bertz CT molecular complexity index is 974. The first-order valence-electron chi connectivity index (χ1n) is 9.29. The van der Waals surface area contributed by atoms with E-state index in [-0.39, 0.29) is 23.4 Å². The lowest BCUT2D eigenvalue weighted by atomic mass is 9.94. The number of hydrogen-bond acceptors (Lipinski definition) is 5. The largest absolute Gasteiger partial charge is 0.500 e. The molecule has 4 amide bonds. The normalized spacial score (nSPS) is 29.0. The summed E-state index contributed by atoms with van der Waals surface area (Å²) in [6.45, 7) is 1.92. The maximum Gasteiger partial charge on any atom is 0.500 e. The number of rotatable bonds is 5. The van der Waals surface area contributed by atoms with Crippen molar-refractivity contribution in [2.24, 2.45) is 5.92 Å². The van der Waals surface area contributed by atoms with Gasteiger partial charge in [-0.05, 0) is 44.4 Å². The summed E-state index contributed by atoms with van der Waals surface area (Å²) in [6, 6.07) is -0.761. The van der Waals surface area contributed by atoms with Gasteiger partial charge in [0, 0.05) is 12.0 Å². The van der Waals surface area contributed by atoms with Crippen LogP contribution in [-0.2, 0) is 19.6 Å². The van der Waals surface area contributed by atoms with Crippen LogP contribution < -0.4 is 10.0 Å². The summed E-state index contributed by atoms with van der Waals surface area (Å²) in [7, 11) is -2.20. The summed E-state index contributed by atoms with van der Waals surface area (Å²) in [5.41, 5.74) is 0.0198. The molecule has 0 aromatic rings. The highest BCUT2D eigenvalue weighted by Crippen LogP contribution is 2.36. The Morgan fingerprint density at radius 2 is 2.00 bits per heavy atom. The Morgan fingerprint density at radius 3 is 2.61 bits per heavy atom. The molecule has 1 saturated heterocycles. The van der Waals surface area contributed by atoms with Crippen molar-refractivity contribution >= 4 is 33.6 Å². The van der Waals surface area contributed by atoms with Gasteiger partial charge in [0.05, 0.1) is 18.0 Å². The Labute approximate surface area is 163 Å². The van der Waals surface area contributed by atoms with Gasteiger partial charge in [0.1, 0.15) is 18.2 Å². The average Bonchev–Trinajstić information content (AvgIpc) is 3.20. The molecule has 2 fully saturated rings. The van der Waals surface area contributed by atoms with Crippen LogP contribution in [0.2, 0.25) is 0 Å². The number of carbonyl (C=O) groups excluding carboxylic acids is 3. The molecule has 10 heteroatoms. The molecule has 0 aromatic carbocycles. The number of hydrogen-bond donors (Lipinski definition) is 2. The highest BCUT2D eigenvalue weighted by atomic mass is 32.2. The summed E-state index contributed by atoms with van der Waals surface area (Å²) in [5, 5.41) is 2.75. The number of amides is 4. The van der Waals surface area contributed by atoms with E-state index in [4.69, 9.17) is 0 Å². The van der Waals surface area contributed by atoms with E-state index in [0.29, 0.717) is 18.6 Å². The molecule has 4 rings (SSSR count). The van der Waals surface area contributed by atoms with Gasteiger partial charge in [-0.15, -0.1) is 0 Å². The van der Waals surface area contributed by atoms with Crippen LogP contribution in [0, 0.1) is 5.92 Å². The zero-order valence-corrected chi connectivity index (χ0v) is 16.6. The predicted octanol–water partition coefficient (Wildman–Crippen LogP) is -0.148. The van der Waals surface area contributed by atoms with Crippen LogP contribution in [0.4, 0.5) is 4.79 Å². The third-order valence-corrected chi connectivity index (χ3v) is 7.34. The fourth-order valence-electron chi connectivity index (χ4n) is 3.70.